The molecule has 0 bridgehead atoms. The van der Waals surface area contributed by atoms with Crippen LogP contribution in [0.2, 0.25) is 0 Å². The first-order chi connectivity index (χ1) is 6.02. The first-order valence-corrected chi connectivity index (χ1v) is 4.31. The average molecular weight is 188 g/mol. The van der Waals surface area contributed by atoms with Crippen LogP contribution in [0, 0.1) is 0 Å². The van der Waals surface area contributed by atoms with Crippen molar-refractivity contribution in [3.05, 3.63) is 0 Å². The first kappa shape index (κ1) is 11.9. The van der Waals surface area contributed by atoms with Crippen LogP contribution in [-0.2, 0) is 9.59 Å². The van der Waals surface area contributed by atoms with E-state index in [2.05, 4.69) is 5.32 Å². The maximum absolute atomic E-state index is 11.1. The van der Waals surface area contributed by atoms with Gasteiger partial charge in [-0.15, -0.1) is 0 Å². The number of carboxylic acids is 1. The van der Waals surface area contributed by atoms with Crippen LogP contribution in [0.25, 0.3) is 0 Å². The minimum atomic E-state index is -1.03. The number of carboxylic acid groups (broad SMARTS) is 1. The normalized spacial score (nSPS) is 14.7. The molecule has 0 rings (SSSR count). The van der Waals surface area contributed by atoms with Gasteiger partial charge in [-0.05, 0) is 12.8 Å². The van der Waals surface area contributed by atoms with Crippen molar-refractivity contribution in [2.45, 2.75) is 38.8 Å². The molecule has 0 saturated heterocycles. The van der Waals surface area contributed by atoms with Gasteiger partial charge in [0, 0.05) is 0 Å². The van der Waals surface area contributed by atoms with E-state index in [9.17, 15) is 9.59 Å². The van der Waals surface area contributed by atoms with Crippen LogP contribution in [-0.4, -0.2) is 29.1 Å². The molecular formula is C8H16N2O3. The molecule has 76 valence electrons. The Morgan fingerprint density at radius 1 is 1.38 bits per heavy atom. The Morgan fingerprint density at radius 2 is 1.92 bits per heavy atom. The quantitative estimate of drug-likeness (QED) is 0.552. The molecule has 5 heteroatoms. The van der Waals surface area contributed by atoms with E-state index in [4.69, 9.17) is 10.8 Å². The SMILES string of the molecule is CC[C@@H](N)C(=O)N[C@H](CC)C(=O)O. The molecule has 0 aliphatic heterocycles. The minimum Gasteiger partial charge on any atom is -0.480 e. The first-order valence-electron chi connectivity index (χ1n) is 4.31. The Hall–Kier alpha value is -1.10. The number of amides is 1. The lowest BCUT2D eigenvalue weighted by molar-refractivity contribution is -0.142. The molecule has 1 amide bonds. The van der Waals surface area contributed by atoms with Gasteiger partial charge in [0.2, 0.25) is 5.91 Å². The maximum Gasteiger partial charge on any atom is 0.326 e. The van der Waals surface area contributed by atoms with Crippen molar-refractivity contribution in [1.29, 1.82) is 0 Å². The molecule has 0 unspecified atom stereocenters. The second-order valence-corrected chi connectivity index (χ2v) is 2.82. The topological polar surface area (TPSA) is 92.4 Å². The zero-order chi connectivity index (χ0) is 10.4. The van der Waals surface area contributed by atoms with Crippen molar-refractivity contribution in [2.24, 2.45) is 5.73 Å². The van der Waals surface area contributed by atoms with E-state index in [1.807, 2.05) is 0 Å². The lowest BCUT2D eigenvalue weighted by atomic mass is 10.2. The van der Waals surface area contributed by atoms with Crippen LogP contribution < -0.4 is 11.1 Å². The molecule has 0 spiro atoms. The van der Waals surface area contributed by atoms with Gasteiger partial charge in [0.05, 0.1) is 6.04 Å². The van der Waals surface area contributed by atoms with E-state index < -0.39 is 24.0 Å². The highest BCUT2D eigenvalue weighted by atomic mass is 16.4. The molecule has 5 nitrogen and oxygen atoms in total. The van der Waals surface area contributed by atoms with Crippen molar-refractivity contribution in [3.63, 3.8) is 0 Å². The summed E-state index contributed by atoms with van der Waals surface area (Å²) in [6.07, 6.45) is 0.861. The third kappa shape index (κ3) is 3.89. The van der Waals surface area contributed by atoms with Crippen molar-refractivity contribution in [1.82, 2.24) is 5.32 Å². The van der Waals surface area contributed by atoms with Crippen molar-refractivity contribution in [3.8, 4) is 0 Å². The van der Waals surface area contributed by atoms with Gasteiger partial charge in [-0.3, -0.25) is 4.79 Å². The van der Waals surface area contributed by atoms with Crippen LogP contribution in [0.3, 0.4) is 0 Å². The average Bonchev–Trinajstić information content (AvgIpc) is 2.11. The van der Waals surface area contributed by atoms with Gasteiger partial charge >= 0.3 is 5.97 Å². The van der Waals surface area contributed by atoms with Crippen molar-refractivity contribution >= 4 is 11.9 Å². The van der Waals surface area contributed by atoms with E-state index in [0.29, 0.717) is 12.8 Å². The van der Waals surface area contributed by atoms with Crippen LogP contribution in [0.5, 0.6) is 0 Å². The highest BCUT2D eigenvalue weighted by Crippen LogP contribution is 1.93. The summed E-state index contributed by atoms with van der Waals surface area (Å²) in [6, 6.07) is -1.45. The summed E-state index contributed by atoms with van der Waals surface area (Å²) >= 11 is 0. The van der Waals surface area contributed by atoms with Gasteiger partial charge in [0.1, 0.15) is 6.04 Å². The Morgan fingerprint density at radius 3 is 2.23 bits per heavy atom. The standard InChI is InChI=1S/C8H16N2O3/c1-3-5(9)7(11)10-6(4-2)8(12)13/h5-6H,3-4,9H2,1-2H3,(H,10,11)(H,12,13)/t5-,6-/m1/s1. The molecule has 0 aromatic carbocycles. The number of rotatable bonds is 5. The van der Waals surface area contributed by atoms with Gasteiger partial charge in [0.15, 0.2) is 0 Å². The van der Waals surface area contributed by atoms with Gasteiger partial charge in [0.25, 0.3) is 0 Å². The monoisotopic (exact) mass is 188 g/mol. The predicted octanol–water partition coefficient (Wildman–Crippen LogP) is -0.297. The van der Waals surface area contributed by atoms with Gasteiger partial charge in [-0.2, -0.15) is 0 Å². The number of carbonyl (C=O) groups is 2. The molecule has 0 heterocycles. The summed E-state index contributed by atoms with van der Waals surface area (Å²) in [5, 5.41) is 11.0. The highest BCUT2D eigenvalue weighted by molar-refractivity contribution is 5.86. The minimum absolute atomic E-state index is 0.359. The largest absolute Gasteiger partial charge is 0.480 e. The number of hydrogen-bond donors (Lipinski definition) is 3. The van der Waals surface area contributed by atoms with Crippen molar-refractivity contribution in [2.75, 3.05) is 0 Å². The smallest absolute Gasteiger partial charge is 0.326 e. The number of carbonyl (C=O) groups excluding carboxylic acids is 1. The molecule has 0 saturated carbocycles. The highest BCUT2D eigenvalue weighted by Gasteiger charge is 2.20. The zero-order valence-electron chi connectivity index (χ0n) is 7.91. The fourth-order valence-corrected chi connectivity index (χ4v) is 0.803. The summed E-state index contributed by atoms with van der Waals surface area (Å²) in [4.78, 5) is 21.7. The van der Waals surface area contributed by atoms with E-state index >= 15 is 0 Å². The summed E-state index contributed by atoms with van der Waals surface area (Å²) < 4.78 is 0. The van der Waals surface area contributed by atoms with Gasteiger partial charge < -0.3 is 16.2 Å². The second-order valence-electron chi connectivity index (χ2n) is 2.82. The summed E-state index contributed by atoms with van der Waals surface area (Å²) in [7, 11) is 0. The molecule has 0 aromatic rings. The molecule has 4 N–H and O–H groups in total. The van der Waals surface area contributed by atoms with Crippen LogP contribution in [0.15, 0.2) is 0 Å². The molecule has 13 heavy (non-hydrogen) atoms. The molecule has 0 aromatic heterocycles. The van der Waals surface area contributed by atoms with E-state index in [1.165, 1.54) is 0 Å². The predicted molar refractivity (Wildman–Crippen MR) is 48.1 cm³/mol. The Labute approximate surface area is 77.3 Å². The van der Waals surface area contributed by atoms with Gasteiger partial charge in [-0.25, -0.2) is 4.79 Å². The number of hydrogen-bond acceptors (Lipinski definition) is 3. The summed E-state index contributed by atoms with van der Waals surface area (Å²) in [5.74, 6) is -1.43. The lowest BCUT2D eigenvalue weighted by Gasteiger charge is -2.15. The fourth-order valence-electron chi connectivity index (χ4n) is 0.803. The third-order valence-corrected chi connectivity index (χ3v) is 1.80. The molecular weight excluding hydrogens is 172 g/mol. The summed E-state index contributed by atoms with van der Waals surface area (Å²) in [6.45, 7) is 3.46. The number of nitrogens with two attached hydrogens (primary N) is 1. The van der Waals surface area contributed by atoms with Crippen LogP contribution >= 0.6 is 0 Å². The van der Waals surface area contributed by atoms with Crippen molar-refractivity contribution < 1.29 is 14.7 Å². The molecule has 0 fully saturated rings. The van der Waals surface area contributed by atoms with Crippen LogP contribution in [0.1, 0.15) is 26.7 Å². The molecule has 0 radical (unpaired) electrons. The molecule has 2 atom stereocenters. The Balaban J connectivity index is 4.09. The van der Waals surface area contributed by atoms with E-state index in [0.717, 1.165) is 0 Å². The van der Waals surface area contributed by atoms with Crippen LogP contribution in [0.4, 0.5) is 0 Å². The molecule has 0 aliphatic carbocycles. The Bertz CT molecular complexity index is 194. The summed E-state index contributed by atoms with van der Waals surface area (Å²) in [5.41, 5.74) is 5.41. The third-order valence-electron chi connectivity index (χ3n) is 1.80. The number of aliphatic carboxylic acids is 1. The van der Waals surface area contributed by atoms with E-state index in [-0.39, 0.29) is 0 Å². The second kappa shape index (κ2) is 5.53. The Kier molecular flexibility index (Phi) is 5.06. The zero-order valence-corrected chi connectivity index (χ0v) is 7.91. The lowest BCUT2D eigenvalue weighted by Crippen LogP contribution is -2.47. The maximum atomic E-state index is 11.1. The van der Waals surface area contributed by atoms with E-state index in [1.54, 1.807) is 13.8 Å². The number of nitrogens with one attached hydrogen (secondary N) is 1. The molecule has 0 aliphatic rings. The fraction of sp³-hybridized carbons (Fsp3) is 0.750. The van der Waals surface area contributed by atoms with Gasteiger partial charge in [-0.1, -0.05) is 13.8 Å².